The summed E-state index contributed by atoms with van der Waals surface area (Å²) < 4.78 is 1.24. The van der Waals surface area contributed by atoms with Crippen LogP contribution in [-0.2, 0) is 6.54 Å². The lowest BCUT2D eigenvalue weighted by molar-refractivity contribution is 0.304. The van der Waals surface area contributed by atoms with Crippen LogP contribution in [0.2, 0.25) is 0 Å². The summed E-state index contributed by atoms with van der Waals surface area (Å²) in [6.45, 7) is 5.60. The van der Waals surface area contributed by atoms with Gasteiger partial charge < -0.3 is 10.6 Å². The van der Waals surface area contributed by atoms with Crippen LogP contribution in [0.1, 0.15) is 24.6 Å². The van der Waals surface area contributed by atoms with Crippen molar-refractivity contribution in [2.45, 2.75) is 32.4 Å². The Labute approximate surface area is 110 Å². The molecule has 1 aromatic rings. The molecule has 1 fully saturated rings. The van der Waals surface area contributed by atoms with E-state index in [0.717, 1.165) is 19.0 Å². The normalized spacial score (nSPS) is 25.9. The predicted molar refractivity (Wildman–Crippen MR) is 73.9 cm³/mol. The third-order valence-electron chi connectivity index (χ3n) is 3.14. The van der Waals surface area contributed by atoms with Gasteiger partial charge in [-0.2, -0.15) is 0 Å². The molecule has 1 aromatic heterocycles. The summed E-state index contributed by atoms with van der Waals surface area (Å²) in [5.74, 6) is 0.843. The Kier molecular flexibility index (Phi) is 4.82. The van der Waals surface area contributed by atoms with Crippen LogP contribution in [0.3, 0.4) is 0 Å². The van der Waals surface area contributed by atoms with E-state index in [1.54, 1.807) is 0 Å². The fraction of sp³-hybridized carbons (Fsp3) is 0.667. The average Bonchev–Trinajstić information content (AvgIpc) is 2.65. The van der Waals surface area contributed by atoms with Gasteiger partial charge in [0.1, 0.15) is 0 Å². The largest absolute Gasteiger partial charge is 0.314 e. The molecule has 4 heteroatoms. The summed E-state index contributed by atoms with van der Waals surface area (Å²) in [6.07, 6.45) is 2.61. The van der Waals surface area contributed by atoms with Crippen molar-refractivity contribution in [2.75, 3.05) is 13.1 Å². The second kappa shape index (κ2) is 6.15. The molecule has 0 aliphatic carbocycles. The number of piperidine rings is 1. The van der Waals surface area contributed by atoms with Gasteiger partial charge in [0.05, 0.1) is 0 Å². The minimum absolute atomic E-state index is 0.689. The minimum Gasteiger partial charge on any atom is -0.314 e. The second-order valence-electron chi connectivity index (χ2n) is 4.57. The Morgan fingerprint density at radius 3 is 3.19 bits per heavy atom. The second-order valence-corrected chi connectivity index (χ2v) is 6.42. The van der Waals surface area contributed by atoms with Gasteiger partial charge in [-0.25, -0.2) is 0 Å². The lowest BCUT2D eigenvalue weighted by Crippen LogP contribution is -2.39. The molecule has 90 valence electrons. The standard InChI is InChI=1S/C12H19BrN2S/c1-9-6-10(2-4-15-9)7-14-8-12-11(13)3-5-16-12/h3,5,9-10,14-15H,2,4,6-8H2,1H3. The van der Waals surface area contributed by atoms with Crippen LogP contribution in [0.15, 0.2) is 15.9 Å². The van der Waals surface area contributed by atoms with Crippen molar-refractivity contribution < 1.29 is 0 Å². The molecule has 2 nitrogen and oxygen atoms in total. The molecular weight excluding hydrogens is 284 g/mol. The van der Waals surface area contributed by atoms with Crippen LogP contribution < -0.4 is 10.6 Å². The number of rotatable bonds is 4. The van der Waals surface area contributed by atoms with E-state index in [1.807, 2.05) is 11.3 Å². The molecule has 1 saturated heterocycles. The lowest BCUT2D eigenvalue weighted by atomic mass is 9.93. The van der Waals surface area contributed by atoms with Gasteiger partial charge in [-0.1, -0.05) is 0 Å². The number of hydrogen-bond acceptors (Lipinski definition) is 3. The third-order valence-corrected chi connectivity index (χ3v) is 5.07. The predicted octanol–water partition coefficient (Wildman–Crippen LogP) is 2.99. The van der Waals surface area contributed by atoms with E-state index in [4.69, 9.17) is 0 Å². The first-order valence-corrected chi connectivity index (χ1v) is 7.59. The molecule has 16 heavy (non-hydrogen) atoms. The number of thiophene rings is 1. The zero-order chi connectivity index (χ0) is 11.4. The first-order valence-electron chi connectivity index (χ1n) is 5.91. The van der Waals surface area contributed by atoms with E-state index in [2.05, 4.69) is 44.9 Å². The quantitative estimate of drug-likeness (QED) is 0.893. The zero-order valence-electron chi connectivity index (χ0n) is 9.63. The first-order chi connectivity index (χ1) is 7.75. The van der Waals surface area contributed by atoms with E-state index in [1.165, 1.54) is 28.7 Å². The molecule has 0 aromatic carbocycles. The first kappa shape index (κ1) is 12.6. The van der Waals surface area contributed by atoms with Gasteiger partial charge in [0.15, 0.2) is 0 Å². The Balaban J connectivity index is 1.70. The SMILES string of the molecule is CC1CC(CNCc2sccc2Br)CCN1. The molecule has 2 N–H and O–H groups in total. The van der Waals surface area contributed by atoms with E-state index >= 15 is 0 Å². The molecule has 2 heterocycles. The Morgan fingerprint density at radius 1 is 1.62 bits per heavy atom. The van der Waals surface area contributed by atoms with E-state index in [0.29, 0.717) is 6.04 Å². The highest BCUT2D eigenvalue weighted by molar-refractivity contribution is 9.10. The van der Waals surface area contributed by atoms with E-state index < -0.39 is 0 Å². The van der Waals surface area contributed by atoms with Crippen molar-refractivity contribution in [3.63, 3.8) is 0 Å². The van der Waals surface area contributed by atoms with E-state index in [-0.39, 0.29) is 0 Å². The summed E-state index contributed by atoms with van der Waals surface area (Å²) in [6, 6.07) is 2.81. The topological polar surface area (TPSA) is 24.1 Å². The van der Waals surface area contributed by atoms with Gasteiger partial charge in [-0.15, -0.1) is 11.3 Å². The molecule has 2 rings (SSSR count). The maximum absolute atomic E-state index is 3.57. The van der Waals surface area contributed by atoms with Crippen LogP contribution in [0.25, 0.3) is 0 Å². The highest BCUT2D eigenvalue weighted by atomic mass is 79.9. The van der Waals surface area contributed by atoms with Gasteiger partial charge in [0.25, 0.3) is 0 Å². The molecule has 1 aliphatic rings. The Hall–Kier alpha value is 0.1000. The van der Waals surface area contributed by atoms with Crippen LogP contribution in [0.5, 0.6) is 0 Å². The number of hydrogen-bond donors (Lipinski definition) is 2. The van der Waals surface area contributed by atoms with E-state index in [9.17, 15) is 0 Å². The third kappa shape index (κ3) is 3.55. The summed E-state index contributed by atoms with van der Waals surface area (Å²) in [5.41, 5.74) is 0. The number of nitrogens with one attached hydrogen (secondary N) is 2. The summed E-state index contributed by atoms with van der Waals surface area (Å²) in [5, 5.41) is 9.20. The maximum atomic E-state index is 3.57. The van der Waals surface area contributed by atoms with Crippen LogP contribution in [0.4, 0.5) is 0 Å². The van der Waals surface area contributed by atoms with Crippen LogP contribution >= 0.6 is 27.3 Å². The molecule has 0 bridgehead atoms. The fourth-order valence-electron chi connectivity index (χ4n) is 2.26. The molecule has 2 unspecified atom stereocenters. The van der Waals surface area contributed by atoms with Crippen LogP contribution in [0, 0.1) is 5.92 Å². The molecule has 2 atom stereocenters. The highest BCUT2D eigenvalue weighted by Crippen LogP contribution is 2.22. The lowest BCUT2D eigenvalue weighted by Gasteiger charge is -2.28. The smallest absolute Gasteiger partial charge is 0.0327 e. The monoisotopic (exact) mass is 302 g/mol. The minimum atomic E-state index is 0.689. The molecular formula is C12H19BrN2S. The molecule has 0 saturated carbocycles. The Morgan fingerprint density at radius 2 is 2.50 bits per heavy atom. The fourth-order valence-corrected chi connectivity index (χ4v) is 3.72. The summed E-state index contributed by atoms with van der Waals surface area (Å²) in [4.78, 5) is 1.40. The van der Waals surface area contributed by atoms with Crippen molar-refractivity contribution >= 4 is 27.3 Å². The Bertz CT molecular complexity index is 327. The van der Waals surface area contributed by atoms with Crippen molar-refractivity contribution in [1.29, 1.82) is 0 Å². The molecule has 0 amide bonds. The molecule has 1 aliphatic heterocycles. The van der Waals surface area contributed by atoms with Gasteiger partial charge >= 0.3 is 0 Å². The summed E-state index contributed by atoms with van der Waals surface area (Å²) >= 11 is 5.38. The van der Waals surface area contributed by atoms with Crippen molar-refractivity contribution in [3.05, 3.63) is 20.8 Å². The van der Waals surface area contributed by atoms with Gasteiger partial charge in [0.2, 0.25) is 0 Å². The number of halogens is 1. The highest BCUT2D eigenvalue weighted by Gasteiger charge is 2.17. The van der Waals surface area contributed by atoms with Gasteiger partial charge in [-0.05, 0) is 66.1 Å². The summed E-state index contributed by atoms with van der Waals surface area (Å²) in [7, 11) is 0. The molecule has 0 spiro atoms. The zero-order valence-corrected chi connectivity index (χ0v) is 12.0. The van der Waals surface area contributed by atoms with Crippen LogP contribution in [-0.4, -0.2) is 19.1 Å². The van der Waals surface area contributed by atoms with Crippen molar-refractivity contribution in [1.82, 2.24) is 10.6 Å². The maximum Gasteiger partial charge on any atom is 0.0327 e. The van der Waals surface area contributed by atoms with Gasteiger partial charge in [-0.3, -0.25) is 0 Å². The van der Waals surface area contributed by atoms with Crippen molar-refractivity contribution in [3.8, 4) is 0 Å². The van der Waals surface area contributed by atoms with Gasteiger partial charge in [0, 0.05) is 21.9 Å². The average molecular weight is 303 g/mol. The van der Waals surface area contributed by atoms with Crippen molar-refractivity contribution in [2.24, 2.45) is 5.92 Å². The molecule has 0 radical (unpaired) electrons.